The molecule has 5 rings (SSSR count). The Labute approximate surface area is 207 Å². The minimum atomic E-state index is -3.49. The highest BCUT2D eigenvalue weighted by atomic mass is 32.2. The summed E-state index contributed by atoms with van der Waals surface area (Å²) in [4.78, 5) is 15.2. The Morgan fingerprint density at radius 2 is 1.74 bits per heavy atom. The number of fused-ring (bicyclic) bond motifs is 2. The molecular formula is C27H34N4O3S. The molecule has 2 aromatic heterocycles. The van der Waals surface area contributed by atoms with Gasteiger partial charge >= 0.3 is 0 Å². The van der Waals surface area contributed by atoms with Gasteiger partial charge in [0.05, 0.1) is 22.2 Å². The van der Waals surface area contributed by atoms with Gasteiger partial charge in [-0.25, -0.2) is 12.9 Å². The molecule has 1 amide bonds. The SMILES string of the molecule is CCN(CC)C(=O)c1cnn2ccc(C3CCN(S(=O)(=O)c4ccc5c(c4)CCCC5)CC3)cc12. The molecule has 0 saturated carbocycles. The van der Waals surface area contributed by atoms with Crippen LogP contribution in [0.15, 0.2) is 47.6 Å². The minimum Gasteiger partial charge on any atom is -0.339 e. The van der Waals surface area contributed by atoms with E-state index in [1.54, 1.807) is 26.0 Å². The van der Waals surface area contributed by atoms with Crippen LogP contribution in [-0.4, -0.2) is 59.3 Å². The predicted octanol–water partition coefficient (Wildman–Crippen LogP) is 4.26. The number of aromatic nitrogens is 2. The molecule has 7 nitrogen and oxygen atoms in total. The number of amides is 1. The molecule has 35 heavy (non-hydrogen) atoms. The molecule has 2 aliphatic rings. The highest BCUT2D eigenvalue weighted by molar-refractivity contribution is 7.89. The molecule has 1 aliphatic carbocycles. The number of carbonyl (C=O) groups excluding carboxylic acids is 1. The molecule has 3 aromatic rings. The van der Waals surface area contributed by atoms with Crippen LogP contribution in [-0.2, 0) is 22.9 Å². The van der Waals surface area contributed by atoms with Gasteiger partial charge in [-0.05, 0) is 99.2 Å². The molecule has 0 atom stereocenters. The topological polar surface area (TPSA) is 75.0 Å². The summed E-state index contributed by atoms with van der Waals surface area (Å²) in [7, 11) is -3.49. The van der Waals surface area contributed by atoms with Gasteiger partial charge < -0.3 is 4.90 Å². The van der Waals surface area contributed by atoms with Gasteiger partial charge in [-0.15, -0.1) is 0 Å². The van der Waals surface area contributed by atoms with E-state index in [1.807, 2.05) is 38.2 Å². The second-order valence-electron chi connectivity index (χ2n) is 9.64. The maximum atomic E-state index is 13.4. The van der Waals surface area contributed by atoms with Crippen molar-refractivity contribution in [3.8, 4) is 0 Å². The van der Waals surface area contributed by atoms with Crippen molar-refractivity contribution in [1.29, 1.82) is 0 Å². The fourth-order valence-corrected chi connectivity index (χ4v) is 7.07. The first-order valence-corrected chi connectivity index (χ1v) is 14.2. The van der Waals surface area contributed by atoms with Crippen LogP contribution >= 0.6 is 0 Å². The van der Waals surface area contributed by atoms with Crippen molar-refractivity contribution in [2.75, 3.05) is 26.2 Å². The van der Waals surface area contributed by atoms with Gasteiger partial charge in [0.1, 0.15) is 0 Å². The molecule has 0 bridgehead atoms. The lowest BCUT2D eigenvalue weighted by molar-refractivity contribution is 0.0775. The summed E-state index contributed by atoms with van der Waals surface area (Å²) in [6, 6.07) is 9.80. The highest BCUT2D eigenvalue weighted by Crippen LogP contribution is 2.33. The van der Waals surface area contributed by atoms with E-state index in [-0.39, 0.29) is 11.8 Å². The Morgan fingerprint density at radius 3 is 2.46 bits per heavy atom. The van der Waals surface area contributed by atoms with Gasteiger partial charge in [0.2, 0.25) is 10.0 Å². The number of benzene rings is 1. The summed E-state index contributed by atoms with van der Waals surface area (Å²) in [6.45, 7) is 6.27. The number of nitrogens with zero attached hydrogens (tertiary/aromatic N) is 4. The van der Waals surface area contributed by atoms with Gasteiger partial charge in [0.15, 0.2) is 0 Å². The molecule has 1 aromatic carbocycles. The Kier molecular flexibility index (Phi) is 6.68. The maximum Gasteiger partial charge on any atom is 0.257 e. The average molecular weight is 495 g/mol. The molecule has 3 heterocycles. The molecule has 1 aliphatic heterocycles. The van der Waals surface area contributed by atoms with E-state index in [0.29, 0.717) is 36.6 Å². The second-order valence-corrected chi connectivity index (χ2v) is 11.6. The Balaban J connectivity index is 1.32. The van der Waals surface area contributed by atoms with Crippen LogP contribution in [0.3, 0.4) is 0 Å². The predicted molar refractivity (Wildman–Crippen MR) is 136 cm³/mol. The molecule has 8 heteroatoms. The fourth-order valence-electron chi connectivity index (χ4n) is 5.55. The Hall–Kier alpha value is -2.71. The summed E-state index contributed by atoms with van der Waals surface area (Å²) in [5, 5.41) is 4.37. The zero-order valence-electron chi connectivity index (χ0n) is 20.6. The third-order valence-corrected chi connectivity index (χ3v) is 9.60. The Morgan fingerprint density at radius 1 is 1.03 bits per heavy atom. The smallest absolute Gasteiger partial charge is 0.257 e. The van der Waals surface area contributed by atoms with E-state index in [0.717, 1.165) is 43.2 Å². The molecule has 0 unspecified atom stereocenters. The summed E-state index contributed by atoms with van der Waals surface area (Å²) >= 11 is 0. The molecule has 0 spiro atoms. The monoisotopic (exact) mass is 494 g/mol. The lowest BCUT2D eigenvalue weighted by Gasteiger charge is -2.31. The third-order valence-electron chi connectivity index (χ3n) is 7.71. The van der Waals surface area contributed by atoms with Crippen molar-refractivity contribution in [2.45, 2.75) is 63.2 Å². The van der Waals surface area contributed by atoms with E-state index >= 15 is 0 Å². The van der Waals surface area contributed by atoms with Crippen LogP contribution in [0, 0.1) is 0 Å². The zero-order chi connectivity index (χ0) is 24.6. The van der Waals surface area contributed by atoms with Gasteiger partial charge in [-0.2, -0.15) is 9.40 Å². The number of pyridine rings is 1. The van der Waals surface area contributed by atoms with Crippen molar-refractivity contribution in [3.63, 3.8) is 0 Å². The van der Waals surface area contributed by atoms with E-state index in [2.05, 4.69) is 11.2 Å². The van der Waals surface area contributed by atoms with Crippen LogP contribution in [0.2, 0.25) is 0 Å². The summed E-state index contributed by atoms with van der Waals surface area (Å²) in [5.41, 5.74) is 5.04. The van der Waals surface area contributed by atoms with Crippen molar-refractivity contribution in [3.05, 3.63) is 65.0 Å². The number of hydrogen-bond acceptors (Lipinski definition) is 4. The number of aryl methyl sites for hydroxylation is 2. The normalized spacial score (nSPS) is 17.4. The van der Waals surface area contributed by atoms with Gasteiger partial charge in [-0.3, -0.25) is 4.79 Å². The van der Waals surface area contributed by atoms with Crippen LogP contribution in [0.4, 0.5) is 0 Å². The molecule has 0 N–H and O–H groups in total. The number of carbonyl (C=O) groups is 1. The van der Waals surface area contributed by atoms with Gasteiger partial charge in [-0.1, -0.05) is 6.07 Å². The maximum absolute atomic E-state index is 13.4. The van der Waals surface area contributed by atoms with Crippen molar-refractivity contribution >= 4 is 21.4 Å². The fraction of sp³-hybridized carbons (Fsp3) is 0.481. The highest BCUT2D eigenvalue weighted by Gasteiger charge is 2.31. The van der Waals surface area contributed by atoms with E-state index in [4.69, 9.17) is 0 Å². The van der Waals surface area contributed by atoms with Crippen LogP contribution in [0.5, 0.6) is 0 Å². The summed E-state index contributed by atoms with van der Waals surface area (Å²) < 4.78 is 30.1. The third kappa shape index (κ3) is 4.49. The van der Waals surface area contributed by atoms with E-state index in [9.17, 15) is 13.2 Å². The first kappa shape index (κ1) is 24.0. The van der Waals surface area contributed by atoms with Crippen molar-refractivity contribution in [1.82, 2.24) is 18.8 Å². The molecule has 186 valence electrons. The van der Waals surface area contributed by atoms with E-state index in [1.165, 1.54) is 17.5 Å². The van der Waals surface area contributed by atoms with Crippen molar-refractivity contribution < 1.29 is 13.2 Å². The average Bonchev–Trinajstić information content (AvgIpc) is 3.32. The Bertz CT molecular complexity index is 1340. The molecule has 0 radical (unpaired) electrons. The van der Waals surface area contributed by atoms with Crippen LogP contribution in [0.25, 0.3) is 5.52 Å². The van der Waals surface area contributed by atoms with Crippen LogP contribution < -0.4 is 0 Å². The molecule has 1 saturated heterocycles. The van der Waals surface area contributed by atoms with Crippen molar-refractivity contribution in [2.24, 2.45) is 0 Å². The second kappa shape index (κ2) is 9.74. The quantitative estimate of drug-likeness (QED) is 0.513. The molecule has 1 fully saturated rings. The lowest BCUT2D eigenvalue weighted by atomic mass is 9.90. The van der Waals surface area contributed by atoms with Gasteiger partial charge in [0.25, 0.3) is 5.91 Å². The lowest BCUT2D eigenvalue weighted by Crippen LogP contribution is -2.38. The van der Waals surface area contributed by atoms with Gasteiger partial charge in [0, 0.05) is 32.4 Å². The zero-order valence-corrected chi connectivity index (χ0v) is 21.4. The van der Waals surface area contributed by atoms with E-state index < -0.39 is 10.0 Å². The summed E-state index contributed by atoms with van der Waals surface area (Å²) in [5.74, 6) is 0.245. The summed E-state index contributed by atoms with van der Waals surface area (Å²) in [6.07, 6.45) is 9.39. The van der Waals surface area contributed by atoms with Crippen LogP contribution in [0.1, 0.15) is 72.5 Å². The first-order chi connectivity index (χ1) is 16.9. The first-order valence-electron chi connectivity index (χ1n) is 12.8. The number of rotatable bonds is 6. The molecular weight excluding hydrogens is 460 g/mol. The standard InChI is InChI=1S/C27H34N4O3S/c1-3-29(4-2)27(32)25-19-28-31-16-13-23(18-26(25)31)21-11-14-30(15-12-21)35(33,34)24-10-9-20-7-5-6-8-22(20)17-24/h9-10,13,16-19,21H,3-8,11-12,14-15H2,1-2H3. The number of sulfonamides is 1. The number of hydrogen-bond donors (Lipinski definition) is 0. The minimum absolute atomic E-state index is 0.00638. The number of piperidine rings is 1. The largest absolute Gasteiger partial charge is 0.339 e.